The molecular weight excluding hydrogens is 458 g/mol. The number of hydrogen-bond donors (Lipinski definition) is 2. The van der Waals surface area contributed by atoms with Gasteiger partial charge in [0, 0.05) is 25.0 Å². The molecule has 8 heteroatoms. The van der Waals surface area contributed by atoms with E-state index >= 15 is 0 Å². The number of carbonyl (C=O) groups excluding carboxylic acids is 2. The SMILES string of the molecule is Cc1ccc(C)c(Cn2cnc3c2CN(C(=O)c2cccs2)C(C(=O)NC2CCCCC2N)C3)c1. The quantitative estimate of drug-likeness (QED) is 0.571. The molecule has 7 nitrogen and oxygen atoms in total. The first-order chi connectivity index (χ1) is 16.9. The smallest absolute Gasteiger partial charge is 0.264 e. The van der Waals surface area contributed by atoms with E-state index in [2.05, 4.69) is 46.9 Å². The normalized spacial score (nSPS) is 22.0. The van der Waals surface area contributed by atoms with Gasteiger partial charge in [-0.15, -0.1) is 11.3 Å². The lowest BCUT2D eigenvalue weighted by Crippen LogP contribution is -2.57. The zero-order chi connectivity index (χ0) is 24.5. The van der Waals surface area contributed by atoms with Gasteiger partial charge in [0.15, 0.2) is 0 Å². The minimum absolute atomic E-state index is 0.0370. The van der Waals surface area contributed by atoms with Crippen LogP contribution in [-0.4, -0.2) is 44.4 Å². The molecule has 2 aliphatic rings. The highest BCUT2D eigenvalue weighted by molar-refractivity contribution is 7.12. The van der Waals surface area contributed by atoms with Crippen LogP contribution < -0.4 is 11.1 Å². The fraction of sp³-hybridized carbons (Fsp3) is 0.444. The number of nitrogens with one attached hydrogen (secondary N) is 1. The average Bonchev–Trinajstić information content (AvgIpc) is 3.52. The highest BCUT2D eigenvalue weighted by Crippen LogP contribution is 2.28. The van der Waals surface area contributed by atoms with Gasteiger partial charge in [0.2, 0.25) is 5.91 Å². The summed E-state index contributed by atoms with van der Waals surface area (Å²) in [7, 11) is 0. The number of rotatable bonds is 5. The predicted octanol–water partition coefficient (Wildman–Crippen LogP) is 3.56. The lowest BCUT2D eigenvalue weighted by Gasteiger charge is -2.37. The standard InChI is InChI=1S/C27H33N5O2S/c1-17-9-10-18(2)19(12-17)14-31-16-29-22-13-23(26(33)30-21-7-4-3-6-20(21)28)32(15-24(22)31)27(34)25-8-5-11-35-25/h5,8-12,16,20-21,23H,3-4,6-7,13-15,28H2,1-2H3,(H,30,33). The van der Waals surface area contributed by atoms with Crippen molar-refractivity contribution >= 4 is 23.2 Å². The lowest BCUT2D eigenvalue weighted by molar-refractivity contribution is -0.127. The number of nitrogens with two attached hydrogens (primary N) is 1. The molecule has 1 aromatic carbocycles. The number of benzene rings is 1. The van der Waals surface area contributed by atoms with E-state index in [1.165, 1.54) is 28.0 Å². The summed E-state index contributed by atoms with van der Waals surface area (Å²) in [6, 6.07) is 9.46. The Kier molecular flexibility index (Phi) is 6.75. The Morgan fingerprint density at radius 1 is 1.20 bits per heavy atom. The van der Waals surface area contributed by atoms with E-state index < -0.39 is 6.04 Å². The number of hydrogen-bond acceptors (Lipinski definition) is 5. The summed E-state index contributed by atoms with van der Waals surface area (Å²) in [5.41, 5.74) is 11.8. The molecule has 1 aliphatic heterocycles. The van der Waals surface area contributed by atoms with Gasteiger partial charge >= 0.3 is 0 Å². The molecule has 0 saturated heterocycles. The van der Waals surface area contributed by atoms with E-state index in [4.69, 9.17) is 5.73 Å². The minimum Gasteiger partial charge on any atom is -0.350 e. The van der Waals surface area contributed by atoms with Gasteiger partial charge < -0.3 is 20.5 Å². The zero-order valence-corrected chi connectivity index (χ0v) is 21.2. The summed E-state index contributed by atoms with van der Waals surface area (Å²) in [5.74, 6) is -0.245. The van der Waals surface area contributed by atoms with Crippen LogP contribution in [0.5, 0.6) is 0 Å². The molecule has 35 heavy (non-hydrogen) atoms. The van der Waals surface area contributed by atoms with E-state index in [1.54, 1.807) is 4.90 Å². The molecule has 184 valence electrons. The Hall–Kier alpha value is -2.97. The summed E-state index contributed by atoms with van der Waals surface area (Å²) in [5, 5.41) is 5.06. The fourth-order valence-corrected chi connectivity index (χ4v) is 5.94. The van der Waals surface area contributed by atoms with Crippen molar-refractivity contribution in [3.63, 3.8) is 0 Å². The lowest BCUT2D eigenvalue weighted by atomic mass is 9.90. The third kappa shape index (κ3) is 4.90. The van der Waals surface area contributed by atoms with Gasteiger partial charge in [-0.1, -0.05) is 42.7 Å². The van der Waals surface area contributed by atoms with Gasteiger partial charge in [0.25, 0.3) is 5.91 Å². The van der Waals surface area contributed by atoms with E-state index in [1.807, 2.05) is 23.8 Å². The molecule has 3 atom stereocenters. The van der Waals surface area contributed by atoms with Crippen LogP contribution in [0.3, 0.4) is 0 Å². The predicted molar refractivity (Wildman–Crippen MR) is 137 cm³/mol. The molecular formula is C27H33N5O2S. The molecule has 1 fully saturated rings. The summed E-state index contributed by atoms with van der Waals surface area (Å²) in [4.78, 5) is 34.1. The second kappa shape index (κ2) is 9.95. The number of imidazole rings is 1. The van der Waals surface area contributed by atoms with Crippen molar-refractivity contribution in [2.24, 2.45) is 5.73 Å². The molecule has 2 amide bonds. The summed E-state index contributed by atoms with van der Waals surface area (Å²) in [6.45, 7) is 5.24. The van der Waals surface area contributed by atoms with Gasteiger partial charge in [-0.3, -0.25) is 9.59 Å². The van der Waals surface area contributed by atoms with Gasteiger partial charge in [-0.2, -0.15) is 0 Å². The summed E-state index contributed by atoms with van der Waals surface area (Å²) in [6.07, 6.45) is 6.21. The molecule has 3 aromatic rings. The van der Waals surface area contributed by atoms with Gasteiger partial charge in [-0.05, 0) is 49.3 Å². The topological polar surface area (TPSA) is 93.2 Å². The van der Waals surface area contributed by atoms with Crippen LogP contribution >= 0.6 is 11.3 Å². The molecule has 3 unspecified atom stereocenters. The van der Waals surface area contributed by atoms with Gasteiger partial charge in [0.05, 0.1) is 29.1 Å². The highest BCUT2D eigenvalue weighted by atomic mass is 32.1. The first-order valence-corrected chi connectivity index (χ1v) is 13.3. The van der Waals surface area contributed by atoms with Crippen molar-refractivity contribution in [3.05, 3.63) is 75.0 Å². The van der Waals surface area contributed by atoms with E-state index in [0.717, 1.165) is 37.1 Å². The van der Waals surface area contributed by atoms with E-state index in [-0.39, 0.29) is 23.9 Å². The third-order valence-corrected chi connectivity index (χ3v) is 8.26. The van der Waals surface area contributed by atoms with Crippen molar-refractivity contribution < 1.29 is 9.59 Å². The molecule has 3 heterocycles. The molecule has 0 bridgehead atoms. The fourth-order valence-electron chi connectivity index (χ4n) is 5.26. The van der Waals surface area contributed by atoms with E-state index in [0.29, 0.717) is 24.4 Å². The molecule has 1 saturated carbocycles. The number of fused-ring (bicyclic) bond motifs is 1. The Morgan fingerprint density at radius 3 is 2.80 bits per heavy atom. The van der Waals surface area contributed by atoms with Crippen molar-refractivity contribution in [3.8, 4) is 0 Å². The first kappa shape index (κ1) is 23.8. The van der Waals surface area contributed by atoms with Crippen LogP contribution in [0.25, 0.3) is 0 Å². The van der Waals surface area contributed by atoms with Gasteiger partial charge in [0.1, 0.15) is 6.04 Å². The van der Waals surface area contributed by atoms with Crippen LogP contribution in [0.15, 0.2) is 42.0 Å². The number of thiophene rings is 1. The maximum absolute atomic E-state index is 13.5. The highest BCUT2D eigenvalue weighted by Gasteiger charge is 2.39. The van der Waals surface area contributed by atoms with Crippen LogP contribution in [0.4, 0.5) is 0 Å². The monoisotopic (exact) mass is 491 g/mol. The number of nitrogens with zero attached hydrogens (tertiary/aromatic N) is 3. The molecule has 0 radical (unpaired) electrons. The first-order valence-electron chi connectivity index (χ1n) is 12.4. The molecule has 5 rings (SSSR count). The van der Waals surface area contributed by atoms with Gasteiger partial charge in [-0.25, -0.2) is 4.98 Å². The Morgan fingerprint density at radius 2 is 2.03 bits per heavy atom. The molecule has 3 N–H and O–H groups in total. The molecule has 2 aromatic heterocycles. The van der Waals surface area contributed by atoms with Crippen molar-refractivity contribution in [1.82, 2.24) is 19.8 Å². The van der Waals surface area contributed by atoms with Crippen molar-refractivity contribution in [2.45, 2.75) is 77.2 Å². The number of aryl methyl sites for hydroxylation is 2. The Bertz CT molecular complexity index is 1220. The summed E-state index contributed by atoms with van der Waals surface area (Å²) < 4.78 is 2.12. The second-order valence-electron chi connectivity index (χ2n) is 9.89. The maximum atomic E-state index is 13.5. The zero-order valence-electron chi connectivity index (χ0n) is 20.4. The largest absolute Gasteiger partial charge is 0.350 e. The van der Waals surface area contributed by atoms with Crippen LogP contribution in [-0.2, 0) is 24.3 Å². The Labute approximate surface area is 210 Å². The molecule has 0 spiro atoms. The van der Waals surface area contributed by atoms with Crippen molar-refractivity contribution in [2.75, 3.05) is 0 Å². The molecule has 1 aliphatic carbocycles. The van der Waals surface area contributed by atoms with E-state index in [9.17, 15) is 9.59 Å². The Balaban J connectivity index is 1.43. The van der Waals surface area contributed by atoms with Crippen LogP contribution in [0.1, 0.15) is 63.4 Å². The van der Waals surface area contributed by atoms with Crippen molar-refractivity contribution in [1.29, 1.82) is 0 Å². The minimum atomic E-state index is -0.602. The van der Waals surface area contributed by atoms with Crippen LogP contribution in [0, 0.1) is 13.8 Å². The van der Waals surface area contributed by atoms with Crippen LogP contribution in [0.2, 0.25) is 0 Å². The number of aromatic nitrogens is 2. The number of carbonyl (C=O) groups is 2. The average molecular weight is 492 g/mol. The maximum Gasteiger partial charge on any atom is 0.264 e. The summed E-state index contributed by atoms with van der Waals surface area (Å²) >= 11 is 1.40. The second-order valence-corrected chi connectivity index (χ2v) is 10.8. The number of amides is 2. The third-order valence-electron chi connectivity index (χ3n) is 7.40.